The van der Waals surface area contributed by atoms with E-state index in [1.54, 1.807) is 6.08 Å². The standard InChI is InChI=1S/C16H12Br2O2/c17-14-8-5-12(6-9-14)7-10-16(19)20-11-13-3-1-2-4-15(13)18/h1-10H,11H2/b10-7+. The molecule has 0 atom stereocenters. The van der Waals surface area contributed by atoms with E-state index in [1.807, 2.05) is 48.5 Å². The molecule has 102 valence electrons. The lowest BCUT2D eigenvalue weighted by molar-refractivity contribution is -0.138. The fourth-order valence-electron chi connectivity index (χ4n) is 1.55. The van der Waals surface area contributed by atoms with E-state index in [9.17, 15) is 4.79 Å². The van der Waals surface area contributed by atoms with Gasteiger partial charge in [-0.2, -0.15) is 0 Å². The van der Waals surface area contributed by atoms with E-state index in [1.165, 1.54) is 6.08 Å². The van der Waals surface area contributed by atoms with Gasteiger partial charge in [0.25, 0.3) is 0 Å². The van der Waals surface area contributed by atoms with Gasteiger partial charge in [0.15, 0.2) is 0 Å². The van der Waals surface area contributed by atoms with Gasteiger partial charge in [0, 0.05) is 20.6 Å². The third-order valence-corrected chi connectivity index (χ3v) is 3.91. The molecule has 2 nitrogen and oxygen atoms in total. The molecule has 0 heterocycles. The molecule has 0 radical (unpaired) electrons. The highest BCUT2D eigenvalue weighted by atomic mass is 79.9. The summed E-state index contributed by atoms with van der Waals surface area (Å²) in [4.78, 5) is 11.6. The molecule has 2 aromatic carbocycles. The van der Waals surface area contributed by atoms with Gasteiger partial charge >= 0.3 is 5.97 Å². The van der Waals surface area contributed by atoms with Gasteiger partial charge < -0.3 is 4.74 Å². The lowest BCUT2D eigenvalue weighted by Crippen LogP contribution is -2.01. The number of carbonyl (C=O) groups excluding carboxylic acids is 1. The minimum atomic E-state index is -0.358. The molecule has 4 heteroatoms. The molecule has 2 rings (SSSR count). The Hall–Kier alpha value is -1.39. The van der Waals surface area contributed by atoms with Crippen LogP contribution in [0.3, 0.4) is 0 Å². The largest absolute Gasteiger partial charge is 0.458 e. The molecule has 0 unspecified atom stereocenters. The average Bonchev–Trinajstić information content (AvgIpc) is 2.46. The van der Waals surface area contributed by atoms with Crippen molar-refractivity contribution in [2.75, 3.05) is 0 Å². The molecule has 20 heavy (non-hydrogen) atoms. The van der Waals surface area contributed by atoms with Gasteiger partial charge in [-0.15, -0.1) is 0 Å². The normalized spacial score (nSPS) is 10.7. The van der Waals surface area contributed by atoms with Crippen molar-refractivity contribution in [1.29, 1.82) is 0 Å². The van der Waals surface area contributed by atoms with E-state index in [0.717, 1.165) is 20.1 Å². The molecule has 0 fully saturated rings. The predicted octanol–water partition coefficient (Wildman–Crippen LogP) is 4.97. The maximum absolute atomic E-state index is 11.6. The van der Waals surface area contributed by atoms with E-state index < -0.39 is 0 Å². The summed E-state index contributed by atoms with van der Waals surface area (Å²) in [5.74, 6) is -0.358. The smallest absolute Gasteiger partial charge is 0.331 e. The molecular formula is C16H12Br2O2. The summed E-state index contributed by atoms with van der Waals surface area (Å²) in [6.45, 7) is 0.255. The Bertz CT molecular complexity index is 619. The highest BCUT2D eigenvalue weighted by Gasteiger charge is 2.02. The summed E-state index contributed by atoms with van der Waals surface area (Å²) in [5.41, 5.74) is 1.89. The fraction of sp³-hybridized carbons (Fsp3) is 0.0625. The number of ether oxygens (including phenoxy) is 1. The quantitative estimate of drug-likeness (QED) is 0.539. The number of hydrogen-bond donors (Lipinski definition) is 0. The number of halogens is 2. The van der Waals surface area contributed by atoms with Gasteiger partial charge in [-0.1, -0.05) is 62.2 Å². The Labute approximate surface area is 134 Å². The molecule has 0 aliphatic carbocycles. The van der Waals surface area contributed by atoms with Crippen LogP contribution in [0.5, 0.6) is 0 Å². The molecule has 0 spiro atoms. The second-order valence-electron chi connectivity index (χ2n) is 4.08. The summed E-state index contributed by atoms with van der Waals surface area (Å²) in [6.07, 6.45) is 3.16. The molecular weight excluding hydrogens is 384 g/mol. The lowest BCUT2D eigenvalue weighted by atomic mass is 10.2. The zero-order valence-corrected chi connectivity index (χ0v) is 13.7. The first-order valence-corrected chi connectivity index (χ1v) is 7.57. The van der Waals surface area contributed by atoms with Crippen molar-refractivity contribution in [3.05, 3.63) is 74.7 Å². The Morgan fingerprint density at radius 2 is 1.75 bits per heavy atom. The van der Waals surface area contributed by atoms with Crippen molar-refractivity contribution >= 4 is 43.9 Å². The summed E-state index contributed by atoms with van der Waals surface area (Å²) in [7, 11) is 0. The van der Waals surface area contributed by atoms with E-state index in [-0.39, 0.29) is 12.6 Å². The van der Waals surface area contributed by atoms with Crippen LogP contribution in [0.4, 0.5) is 0 Å². The summed E-state index contributed by atoms with van der Waals surface area (Å²) >= 11 is 6.78. The van der Waals surface area contributed by atoms with Crippen LogP contribution >= 0.6 is 31.9 Å². The molecule has 0 saturated heterocycles. The maximum atomic E-state index is 11.6. The van der Waals surface area contributed by atoms with Crippen LogP contribution in [0.15, 0.2) is 63.6 Å². The molecule has 0 saturated carbocycles. The zero-order valence-electron chi connectivity index (χ0n) is 10.6. The molecule has 2 aromatic rings. The SMILES string of the molecule is O=C(/C=C/c1ccc(Br)cc1)OCc1ccccc1Br. The van der Waals surface area contributed by atoms with E-state index in [4.69, 9.17) is 4.74 Å². The van der Waals surface area contributed by atoms with Crippen LogP contribution in [0, 0.1) is 0 Å². The van der Waals surface area contributed by atoms with Gasteiger partial charge in [-0.25, -0.2) is 4.79 Å². The van der Waals surface area contributed by atoms with Gasteiger partial charge in [0.1, 0.15) is 6.61 Å². The monoisotopic (exact) mass is 394 g/mol. The average molecular weight is 396 g/mol. The second kappa shape index (κ2) is 7.41. The molecule has 0 amide bonds. The van der Waals surface area contributed by atoms with E-state index >= 15 is 0 Å². The molecule has 0 bridgehead atoms. The second-order valence-corrected chi connectivity index (χ2v) is 5.85. The van der Waals surface area contributed by atoms with Crippen LogP contribution in [0.25, 0.3) is 6.08 Å². The Balaban J connectivity index is 1.90. The van der Waals surface area contributed by atoms with Gasteiger partial charge in [0.2, 0.25) is 0 Å². The van der Waals surface area contributed by atoms with Crippen molar-refractivity contribution in [3.63, 3.8) is 0 Å². The zero-order chi connectivity index (χ0) is 14.4. The highest BCUT2D eigenvalue weighted by molar-refractivity contribution is 9.10. The molecule has 0 aliphatic heterocycles. The fourth-order valence-corrected chi connectivity index (χ4v) is 2.21. The first kappa shape index (κ1) is 15.0. The molecule has 0 N–H and O–H groups in total. The van der Waals surface area contributed by atoms with Crippen LogP contribution in [-0.2, 0) is 16.1 Å². The van der Waals surface area contributed by atoms with Crippen molar-refractivity contribution in [3.8, 4) is 0 Å². The summed E-state index contributed by atoms with van der Waals surface area (Å²) < 4.78 is 7.13. The van der Waals surface area contributed by atoms with Gasteiger partial charge in [0.05, 0.1) is 0 Å². The summed E-state index contributed by atoms with van der Waals surface area (Å²) in [6, 6.07) is 15.3. The third kappa shape index (κ3) is 4.62. The minimum absolute atomic E-state index is 0.255. The van der Waals surface area contributed by atoms with E-state index in [2.05, 4.69) is 31.9 Å². The highest BCUT2D eigenvalue weighted by Crippen LogP contribution is 2.17. The lowest BCUT2D eigenvalue weighted by Gasteiger charge is -2.04. The van der Waals surface area contributed by atoms with Crippen LogP contribution in [0.1, 0.15) is 11.1 Å². The van der Waals surface area contributed by atoms with E-state index in [0.29, 0.717) is 0 Å². The Kier molecular flexibility index (Phi) is 5.56. The van der Waals surface area contributed by atoms with Crippen molar-refractivity contribution < 1.29 is 9.53 Å². The van der Waals surface area contributed by atoms with Crippen molar-refractivity contribution in [1.82, 2.24) is 0 Å². The first-order valence-electron chi connectivity index (χ1n) is 5.99. The Morgan fingerprint density at radius 3 is 2.45 bits per heavy atom. The minimum Gasteiger partial charge on any atom is -0.458 e. The predicted molar refractivity (Wildman–Crippen MR) is 87.1 cm³/mol. The maximum Gasteiger partial charge on any atom is 0.331 e. The molecule has 0 aliphatic rings. The molecule has 0 aromatic heterocycles. The van der Waals surface area contributed by atoms with Gasteiger partial charge in [-0.3, -0.25) is 0 Å². The number of esters is 1. The van der Waals surface area contributed by atoms with Gasteiger partial charge in [-0.05, 0) is 29.8 Å². The van der Waals surface area contributed by atoms with Crippen molar-refractivity contribution in [2.45, 2.75) is 6.61 Å². The van der Waals surface area contributed by atoms with Crippen LogP contribution in [0.2, 0.25) is 0 Å². The number of rotatable bonds is 4. The van der Waals surface area contributed by atoms with Crippen LogP contribution < -0.4 is 0 Å². The topological polar surface area (TPSA) is 26.3 Å². The third-order valence-electron chi connectivity index (χ3n) is 2.61. The first-order chi connectivity index (χ1) is 9.65. The number of carbonyl (C=O) groups is 1. The number of hydrogen-bond acceptors (Lipinski definition) is 2. The Morgan fingerprint density at radius 1 is 1.05 bits per heavy atom. The number of benzene rings is 2. The van der Waals surface area contributed by atoms with Crippen molar-refractivity contribution in [2.24, 2.45) is 0 Å². The van der Waals surface area contributed by atoms with Crippen LogP contribution in [-0.4, -0.2) is 5.97 Å². The summed E-state index contributed by atoms with van der Waals surface area (Å²) in [5, 5.41) is 0.